The average Bonchev–Trinajstić information content (AvgIpc) is 3.25. The molecule has 0 saturated carbocycles. The molecule has 0 fully saturated rings. The summed E-state index contributed by atoms with van der Waals surface area (Å²) in [6, 6.07) is 15.2. The number of sulfonamides is 1. The maximum Gasteiger partial charge on any atom is 0.264 e. The van der Waals surface area contributed by atoms with Crippen molar-refractivity contribution in [2.24, 2.45) is 0 Å². The second-order valence-electron chi connectivity index (χ2n) is 5.95. The van der Waals surface area contributed by atoms with Crippen molar-refractivity contribution in [1.82, 2.24) is 19.7 Å². The smallest absolute Gasteiger partial charge is 0.264 e. The van der Waals surface area contributed by atoms with Gasteiger partial charge in [0.25, 0.3) is 10.0 Å². The Bertz CT molecular complexity index is 1230. The Kier molecular flexibility index (Phi) is 4.92. The van der Waals surface area contributed by atoms with Crippen molar-refractivity contribution in [2.45, 2.75) is 4.90 Å². The van der Waals surface area contributed by atoms with Gasteiger partial charge in [-0.05, 0) is 42.5 Å². The summed E-state index contributed by atoms with van der Waals surface area (Å²) in [4.78, 5) is 7.91. The van der Waals surface area contributed by atoms with Crippen LogP contribution < -0.4 is 10.0 Å². The van der Waals surface area contributed by atoms with Crippen molar-refractivity contribution in [3.8, 4) is 5.82 Å². The van der Waals surface area contributed by atoms with Crippen molar-refractivity contribution in [3.05, 3.63) is 85.2 Å². The van der Waals surface area contributed by atoms with Crippen LogP contribution in [0.5, 0.6) is 0 Å². The fourth-order valence-corrected chi connectivity index (χ4v) is 3.73. The van der Waals surface area contributed by atoms with E-state index in [9.17, 15) is 12.8 Å². The second-order valence-corrected chi connectivity index (χ2v) is 7.60. The van der Waals surface area contributed by atoms with Gasteiger partial charge in [-0.1, -0.05) is 12.1 Å². The highest BCUT2D eigenvalue weighted by atomic mass is 32.2. The van der Waals surface area contributed by atoms with Crippen LogP contribution in [-0.4, -0.2) is 28.2 Å². The van der Waals surface area contributed by atoms with Gasteiger partial charge in [0.1, 0.15) is 22.9 Å². The lowest BCUT2D eigenvalue weighted by Gasteiger charge is -2.10. The number of hydrogen-bond donors (Lipinski definition) is 2. The van der Waals surface area contributed by atoms with Crippen molar-refractivity contribution < 1.29 is 12.8 Å². The zero-order chi connectivity index (χ0) is 20.3. The van der Waals surface area contributed by atoms with Crippen LogP contribution in [0.3, 0.4) is 0 Å². The van der Waals surface area contributed by atoms with Crippen molar-refractivity contribution >= 4 is 27.2 Å². The molecule has 29 heavy (non-hydrogen) atoms. The van der Waals surface area contributed by atoms with Gasteiger partial charge in [-0.25, -0.2) is 27.5 Å². The van der Waals surface area contributed by atoms with Crippen LogP contribution >= 0.6 is 0 Å². The van der Waals surface area contributed by atoms with E-state index in [4.69, 9.17) is 0 Å². The minimum atomic E-state index is -4.02. The molecule has 0 unspecified atom stereocenters. The standard InChI is InChI=1S/C19H15FN6O2S/c20-16-4-1-2-5-17(16)29(27,28)25-15-8-6-14(7-9-15)24-18-12-19(22-13-21-18)26-11-3-10-23-26/h1-13,25H,(H,21,22,24). The van der Waals surface area contributed by atoms with Gasteiger partial charge in [0.2, 0.25) is 0 Å². The minimum absolute atomic E-state index is 0.304. The maximum atomic E-state index is 13.8. The summed E-state index contributed by atoms with van der Waals surface area (Å²) in [6.45, 7) is 0. The summed E-state index contributed by atoms with van der Waals surface area (Å²) >= 11 is 0. The van der Waals surface area contributed by atoms with Gasteiger partial charge < -0.3 is 5.32 Å². The fourth-order valence-electron chi connectivity index (χ4n) is 2.59. The number of halogens is 1. The second kappa shape index (κ2) is 7.68. The largest absolute Gasteiger partial charge is 0.340 e. The Labute approximate surface area is 166 Å². The molecule has 10 heteroatoms. The SMILES string of the molecule is O=S(=O)(Nc1ccc(Nc2cc(-n3cccn3)ncn2)cc1)c1ccccc1F. The molecule has 2 aromatic carbocycles. The van der Waals surface area contributed by atoms with Crippen LogP contribution in [0.25, 0.3) is 5.82 Å². The molecule has 0 aliphatic rings. The van der Waals surface area contributed by atoms with Crippen LogP contribution in [0.4, 0.5) is 21.6 Å². The molecule has 0 spiro atoms. The summed E-state index contributed by atoms with van der Waals surface area (Å²) in [7, 11) is -4.02. The molecule has 2 heterocycles. The highest BCUT2D eigenvalue weighted by Gasteiger charge is 2.18. The Morgan fingerprint density at radius 3 is 2.41 bits per heavy atom. The molecule has 2 aromatic heterocycles. The number of aromatic nitrogens is 4. The molecule has 0 aliphatic heterocycles. The number of hydrogen-bond acceptors (Lipinski definition) is 6. The predicted octanol–water partition coefficient (Wildman–Crippen LogP) is 3.35. The van der Waals surface area contributed by atoms with Gasteiger partial charge in [0, 0.05) is 29.8 Å². The summed E-state index contributed by atoms with van der Waals surface area (Å²) < 4.78 is 42.5. The van der Waals surface area contributed by atoms with E-state index >= 15 is 0 Å². The average molecular weight is 410 g/mol. The van der Waals surface area contributed by atoms with E-state index in [2.05, 4.69) is 25.1 Å². The van der Waals surface area contributed by atoms with E-state index in [1.807, 2.05) is 0 Å². The van der Waals surface area contributed by atoms with E-state index in [0.717, 1.165) is 6.07 Å². The van der Waals surface area contributed by atoms with E-state index in [1.54, 1.807) is 53.5 Å². The lowest BCUT2D eigenvalue weighted by molar-refractivity contribution is 0.570. The van der Waals surface area contributed by atoms with Crippen LogP contribution in [0, 0.1) is 5.82 Å². The Morgan fingerprint density at radius 2 is 1.69 bits per heavy atom. The molecular weight excluding hydrogens is 395 g/mol. The highest BCUT2D eigenvalue weighted by molar-refractivity contribution is 7.92. The van der Waals surface area contributed by atoms with Crippen molar-refractivity contribution in [1.29, 1.82) is 0 Å². The third kappa shape index (κ3) is 4.22. The number of benzene rings is 2. The summed E-state index contributed by atoms with van der Waals surface area (Å²) in [5.74, 6) is 0.335. The first-order valence-corrected chi connectivity index (χ1v) is 9.96. The van der Waals surface area contributed by atoms with Gasteiger partial charge >= 0.3 is 0 Å². The minimum Gasteiger partial charge on any atom is -0.340 e. The summed E-state index contributed by atoms with van der Waals surface area (Å²) in [6.07, 6.45) is 4.83. The van der Waals surface area contributed by atoms with E-state index in [1.165, 1.54) is 24.5 Å². The predicted molar refractivity (Wildman–Crippen MR) is 106 cm³/mol. The molecule has 0 bridgehead atoms. The molecule has 4 rings (SSSR count). The van der Waals surface area contributed by atoms with Gasteiger partial charge in [-0.15, -0.1) is 0 Å². The number of nitrogens with zero attached hydrogens (tertiary/aromatic N) is 4. The molecular formula is C19H15FN6O2S. The molecule has 0 atom stereocenters. The molecule has 146 valence electrons. The molecule has 2 N–H and O–H groups in total. The fraction of sp³-hybridized carbons (Fsp3) is 0. The maximum absolute atomic E-state index is 13.8. The Morgan fingerprint density at radius 1 is 0.931 bits per heavy atom. The van der Waals surface area contributed by atoms with E-state index < -0.39 is 20.7 Å². The van der Waals surface area contributed by atoms with Gasteiger partial charge in [-0.3, -0.25) is 4.72 Å². The Hall–Kier alpha value is -3.79. The van der Waals surface area contributed by atoms with Crippen molar-refractivity contribution in [3.63, 3.8) is 0 Å². The van der Waals surface area contributed by atoms with Gasteiger partial charge in [0.15, 0.2) is 5.82 Å². The van der Waals surface area contributed by atoms with Crippen LogP contribution in [-0.2, 0) is 10.0 Å². The van der Waals surface area contributed by atoms with E-state index in [0.29, 0.717) is 23.0 Å². The third-order valence-corrected chi connectivity index (χ3v) is 5.34. The zero-order valence-corrected chi connectivity index (χ0v) is 15.7. The first kappa shape index (κ1) is 18.6. The lowest BCUT2D eigenvalue weighted by Crippen LogP contribution is -2.14. The number of nitrogens with one attached hydrogen (secondary N) is 2. The first-order valence-electron chi connectivity index (χ1n) is 8.48. The zero-order valence-electron chi connectivity index (χ0n) is 14.9. The summed E-state index contributed by atoms with van der Waals surface area (Å²) in [5, 5.41) is 7.23. The molecule has 8 nitrogen and oxygen atoms in total. The quantitative estimate of drug-likeness (QED) is 0.505. The van der Waals surface area contributed by atoms with Crippen LogP contribution in [0.2, 0.25) is 0 Å². The monoisotopic (exact) mass is 410 g/mol. The highest BCUT2D eigenvalue weighted by Crippen LogP contribution is 2.22. The lowest BCUT2D eigenvalue weighted by atomic mass is 10.3. The van der Waals surface area contributed by atoms with Crippen LogP contribution in [0.1, 0.15) is 0 Å². The molecule has 0 aliphatic carbocycles. The van der Waals surface area contributed by atoms with Crippen LogP contribution in [0.15, 0.2) is 84.3 Å². The topological polar surface area (TPSA) is 102 Å². The molecule has 0 radical (unpaired) electrons. The molecule has 0 saturated heterocycles. The summed E-state index contributed by atoms with van der Waals surface area (Å²) in [5.41, 5.74) is 0.989. The van der Waals surface area contributed by atoms with Gasteiger partial charge in [-0.2, -0.15) is 5.10 Å². The van der Waals surface area contributed by atoms with Gasteiger partial charge in [0.05, 0.1) is 0 Å². The van der Waals surface area contributed by atoms with E-state index in [-0.39, 0.29) is 0 Å². The Balaban J connectivity index is 1.49. The number of anilines is 3. The number of rotatable bonds is 6. The molecule has 4 aromatic rings. The van der Waals surface area contributed by atoms with Crippen molar-refractivity contribution in [2.75, 3.05) is 10.0 Å². The first-order chi connectivity index (χ1) is 14.0. The molecule has 0 amide bonds. The normalized spacial score (nSPS) is 11.2. The third-order valence-electron chi connectivity index (χ3n) is 3.93.